The van der Waals surface area contributed by atoms with E-state index in [9.17, 15) is 4.79 Å². The van der Waals surface area contributed by atoms with Gasteiger partial charge in [0, 0.05) is 56.0 Å². The number of hydrogen-bond donors (Lipinski definition) is 4. The predicted molar refractivity (Wildman–Crippen MR) is 167 cm³/mol. The quantitative estimate of drug-likeness (QED) is 0.145. The van der Waals surface area contributed by atoms with Gasteiger partial charge in [-0.05, 0) is 37.9 Å². The van der Waals surface area contributed by atoms with Gasteiger partial charge in [0.05, 0.1) is 25.0 Å². The van der Waals surface area contributed by atoms with Crippen molar-refractivity contribution >= 4 is 46.3 Å². The van der Waals surface area contributed by atoms with Crippen molar-refractivity contribution in [2.24, 2.45) is 0 Å². The van der Waals surface area contributed by atoms with E-state index in [4.69, 9.17) is 21.3 Å². The van der Waals surface area contributed by atoms with Gasteiger partial charge in [-0.25, -0.2) is 4.98 Å². The smallest absolute Gasteiger partial charge is 0.248 e. The number of ether oxygens (including phenoxy) is 1. The number of anilines is 5. The Balaban J connectivity index is 1.52. The number of hydrogen-bond acceptors (Lipinski definition) is 9. The van der Waals surface area contributed by atoms with Gasteiger partial charge in [-0.2, -0.15) is 10.1 Å². The van der Waals surface area contributed by atoms with Gasteiger partial charge in [-0.15, -0.1) is 0 Å². The Morgan fingerprint density at radius 2 is 1.88 bits per heavy atom. The largest absolute Gasteiger partial charge is 0.383 e. The molecule has 1 amide bonds. The van der Waals surface area contributed by atoms with E-state index < -0.39 is 0 Å². The van der Waals surface area contributed by atoms with Crippen LogP contribution in [0.2, 0.25) is 5.15 Å². The van der Waals surface area contributed by atoms with E-state index in [1.54, 1.807) is 24.2 Å². The number of amides is 1. The molecule has 0 aliphatic heterocycles. The number of carbonyl (C=O) groups is 1. The molecule has 220 valence electrons. The summed E-state index contributed by atoms with van der Waals surface area (Å²) in [5.41, 5.74) is 4.03. The molecular formula is C30H36ClN9O2. The number of benzene rings is 2. The second-order valence-electron chi connectivity index (χ2n) is 9.73. The number of rotatable bonds is 15. The molecule has 0 aliphatic rings. The molecule has 0 aliphatic carbocycles. The van der Waals surface area contributed by atoms with Gasteiger partial charge >= 0.3 is 0 Å². The summed E-state index contributed by atoms with van der Waals surface area (Å²) in [7, 11) is 5.53. The summed E-state index contributed by atoms with van der Waals surface area (Å²) in [6, 6.07) is 17.6. The molecule has 2 aromatic carbocycles. The average Bonchev–Trinajstić information content (AvgIpc) is 3.32. The molecule has 2 aromatic heterocycles. The first kappa shape index (κ1) is 30.7. The first-order chi connectivity index (χ1) is 20.4. The summed E-state index contributed by atoms with van der Waals surface area (Å²) in [5, 5.41) is 17.5. The third kappa shape index (κ3) is 9.67. The van der Waals surface area contributed by atoms with Crippen molar-refractivity contribution in [3.63, 3.8) is 0 Å². The molecule has 12 heteroatoms. The maximum Gasteiger partial charge on any atom is 0.248 e. The van der Waals surface area contributed by atoms with Crippen LogP contribution >= 0.6 is 11.6 Å². The number of aromatic nitrogens is 4. The molecule has 11 nitrogen and oxygen atoms in total. The number of carbonyl (C=O) groups excluding carboxylic acids is 1. The second-order valence-corrected chi connectivity index (χ2v) is 10.1. The molecule has 0 radical (unpaired) electrons. The van der Waals surface area contributed by atoms with E-state index in [0.29, 0.717) is 61.1 Å². The molecule has 0 unspecified atom stereocenters. The van der Waals surface area contributed by atoms with Crippen LogP contribution in [0.3, 0.4) is 0 Å². The summed E-state index contributed by atoms with van der Waals surface area (Å²) in [5.74, 6) is 0.759. The molecule has 0 bridgehead atoms. The average molecular weight is 590 g/mol. The minimum Gasteiger partial charge on any atom is -0.383 e. The lowest BCUT2D eigenvalue weighted by atomic mass is 10.2. The summed E-state index contributed by atoms with van der Waals surface area (Å²) >= 11 is 6.35. The van der Waals surface area contributed by atoms with Gasteiger partial charge in [-0.3, -0.25) is 9.48 Å². The SMILES string of the molecule is COCCn1cc(Nc2ncc(CNCc3ccccc3)c(Nc3cccc(NC(=O)/C=C/CN(C)C)c3)n2)c(Cl)n1. The standard InChI is InChI=1S/C30H36ClN9O2/c1-39(2)14-8-13-27(41)34-24-11-7-12-25(17-24)35-29-23(19-32-18-22-9-5-4-6-10-22)20-33-30(37-29)36-26-21-40(15-16-42-3)38-28(26)31/h4-13,17,20-21,32H,14-16,18-19H2,1-3H3,(H,34,41)(H2,33,35,36,37)/b13-8+. The molecule has 0 atom stereocenters. The lowest BCUT2D eigenvalue weighted by Crippen LogP contribution is -2.15. The fourth-order valence-corrected chi connectivity index (χ4v) is 4.10. The Morgan fingerprint density at radius 3 is 2.67 bits per heavy atom. The maximum absolute atomic E-state index is 12.4. The van der Waals surface area contributed by atoms with E-state index in [1.165, 1.54) is 11.6 Å². The zero-order chi connectivity index (χ0) is 29.7. The van der Waals surface area contributed by atoms with E-state index in [2.05, 4.69) is 43.5 Å². The normalized spacial score (nSPS) is 11.3. The number of halogens is 1. The highest BCUT2D eigenvalue weighted by Crippen LogP contribution is 2.26. The lowest BCUT2D eigenvalue weighted by molar-refractivity contribution is -0.111. The van der Waals surface area contributed by atoms with Crippen molar-refractivity contribution in [1.29, 1.82) is 0 Å². The minimum atomic E-state index is -0.198. The van der Waals surface area contributed by atoms with Crippen LogP contribution < -0.4 is 21.3 Å². The van der Waals surface area contributed by atoms with Crippen molar-refractivity contribution in [1.82, 2.24) is 30.0 Å². The van der Waals surface area contributed by atoms with E-state index >= 15 is 0 Å². The number of nitrogens with zero attached hydrogens (tertiary/aromatic N) is 5. The molecule has 0 fully saturated rings. The summed E-state index contributed by atoms with van der Waals surface area (Å²) in [4.78, 5) is 23.6. The zero-order valence-electron chi connectivity index (χ0n) is 24.0. The first-order valence-electron chi connectivity index (χ1n) is 13.5. The number of likely N-dealkylation sites (N-methyl/N-ethyl adjacent to an activating group) is 1. The fraction of sp³-hybridized carbons (Fsp3) is 0.267. The van der Waals surface area contributed by atoms with E-state index in [-0.39, 0.29) is 5.91 Å². The second kappa shape index (κ2) is 15.6. The van der Waals surface area contributed by atoms with Crippen molar-refractivity contribution in [3.05, 3.63) is 95.4 Å². The van der Waals surface area contributed by atoms with Gasteiger partial charge < -0.3 is 30.9 Å². The topological polar surface area (TPSA) is 121 Å². The zero-order valence-corrected chi connectivity index (χ0v) is 24.7. The molecule has 0 saturated heterocycles. The van der Waals surface area contributed by atoms with Crippen molar-refractivity contribution in [2.75, 3.05) is 50.3 Å². The maximum atomic E-state index is 12.4. The third-order valence-corrected chi connectivity index (χ3v) is 6.25. The minimum absolute atomic E-state index is 0.198. The molecule has 4 aromatic rings. The highest BCUT2D eigenvalue weighted by molar-refractivity contribution is 6.32. The highest BCUT2D eigenvalue weighted by Gasteiger charge is 2.13. The summed E-state index contributed by atoms with van der Waals surface area (Å²) in [6.45, 7) is 2.98. The fourth-order valence-electron chi connectivity index (χ4n) is 3.91. The number of methoxy groups -OCH3 is 1. The predicted octanol–water partition coefficient (Wildman–Crippen LogP) is 4.81. The molecule has 0 spiro atoms. The van der Waals surface area contributed by atoms with Crippen LogP contribution in [-0.2, 0) is 29.2 Å². The molecule has 2 heterocycles. The molecule has 4 rings (SSSR count). The van der Waals surface area contributed by atoms with Gasteiger partial charge in [-0.1, -0.05) is 54.1 Å². The molecule has 0 saturated carbocycles. The lowest BCUT2D eigenvalue weighted by Gasteiger charge is -2.14. The Labute approximate surface area is 251 Å². The van der Waals surface area contributed by atoms with Crippen molar-refractivity contribution in [3.8, 4) is 0 Å². The number of nitrogens with one attached hydrogen (secondary N) is 4. The summed E-state index contributed by atoms with van der Waals surface area (Å²) < 4.78 is 6.82. The molecule has 4 N–H and O–H groups in total. The Kier molecular flexibility index (Phi) is 11.4. The van der Waals surface area contributed by atoms with Crippen LogP contribution in [0.1, 0.15) is 11.1 Å². The Hall–Kier alpha value is -4.29. The monoisotopic (exact) mass is 589 g/mol. The van der Waals surface area contributed by atoms with Gasteiger partial charge in [0.25, 0.3) is 0 Å². The third-order valence-electron chi connectivity index (χ3n) is 5.97. The van der Waals surface area contributed by atoms with Crippen LogP contribution in [0.25, 0.3) is 0 Å². The van der Waals surface area contributed by atoms with Gasteiger partial charge in [0.1, 0.15) is 5.82 Å². The van der Waals surface area contributed by atoms with E-state index in [1.807, 2.05) is 67.5 Å². The Bertz CT molecular complexity index is 1470. The van der Waals surface area contributed by atoms with Gasteiger partial charge in [0.2, 0.25) is 11.9 Å². The van der Waals surface area contributed by atoms with Crippen molar-refractivity contribution < 1.29 is 9.53 Å². The van der Waals surface area contributed by atoms with E-state index in [0.717, 1.165) is 11.3 Å². The van der Waals surface area contributed by atoms with Crippen LogP contribution in [0.4, 0.5) is 28.8 Å². The highest BCUT2D eigenvalue weighted by atomic mass is 35.5. The van der Waals surface area contributed by atoms with Crippen LogP contribution in [0.5, 0.6) is 0 Å². The first-order valence-corrected chi connectivity index (χ1v) is 13.9. The molecule has 42 heavy (non-hydrogen) atoms. The molecular weight excluding hydrogens is 554 g/mol. The van der Waals surface area contributed by atoms with Crippen LogP contribution in [-0.4, -0.2) is 64.9 Å². The Morgan fingerprint density at radius 1 is 1.07 bits per heavy atom. The van der Waals surface area contributed by atoms with Crippen molar-refractivity contribution in [2.45, 2.75) is 19.6 Å². The summed E-state index contributed by atoms with van der Waals surface area (Å²) in [6.07, 6.45) is 6.89. The van der Waals surface area contributed by atoms with Crippen LogP contribution in [0.15, 0.2) is 79.1 Å². The van der Waals surface area contributed by atoms with Crippen LogP contribution in [0, 0.1) is 0 Å². The van der Waals surface area contributed by atoms with Gasteiger partial charge in [0.15, 0.2) is 5.15 Å².